The highest BCUT2D eigenvalue weighted by Gasteiger charge is 2.52. The van der Waals surface area contributed by atoms with Crippen molar-refractivity contribution in [2.75, 3.05) is 19.6 Å². The molecule has 1 aromatic rings. The number of piperazine rings is 1. The van der Waals surface area contributed by atoms with Gasteiger partial charge in [0.15, 0.2) is 0 Å². The molecule has 26 heavy (non-hydrogen) atoms. The van der Waals surface area contributed by atoms with Crippen LogP contribution in [0.4, 0.5) is 0 Å². The van der Waals surface area contributed by atoms with E-state index in [0.29, 0.717) is 18.9 Å². The molecule has 2 saturated heterocycles. The lowest BCUT2D eigenvalue weighted by molar-refractivity contribution is -0.161. The highest BCUT2D eigenvalue weighted by Crippen LogP contribution is 2.34. The third-order valence-electron chi connectivity index (χ3n) is 5.85. The van der Waals surface area contributed by atoms with E-state index < -0.39 is 5.54 Å². The van der Waals surface area contributed by atoms with E-state index in [1.165, 1.54) is 10.4 Å². The fourth-order valence-electron chi connectivity index (χ4n) is 4.31. The quantitative estimate of drug-likeness (QED) is 0.858. The van der Waals surface area contributed by atoms with Gasteiger partial charge in [-0.25, -0.2) is 0 Å². The van der Waals surface area contributed by atoms with Gasteiger partial charge in [-0.3, -0.25) is 14.5 Å². The van der Waals surface area contributed by atoms with Crippen molar-refractivity contribution >= 4 is 23.2 Å². The number of likely N-dealkylation sites (N-methyl/N-ethyl adjacent to an activating group) is 1. The predicted octanol–water partition coefficient (Wildman–Crippen LogP) is 2.78. The summed E-state index contributed by atoms with van der Waals surface area (Å²) in [5.74, 6) is 0.535. The first-order valence-electron chi connectivity index (χ1n) is 9.75. The number of hydrogen-bond acceptors (Lipinski definition) is 4. The van der Waals surface area contributed by atoms with Crippen molar-refractivity contribution in [1.29, 1.82) is 0 Å². The van der Waals surface area contributed by atoms with Gasteiger partial charge < -0.3 is 10.2 Å². The molecule has 3 rings (SSSR count). The third-order valence-corrected chi connectivity index (χ3v) is 6.86. The van der Waals surface area contributed by atoms with E-state index in [0.717, 1.165) is 32.5 Å². The van der Waals surface area contributed by atoms with Crippen LogP contribution in [-0.2, 0) is 16.1 Å². The van der Waals surface area contributed by atoms with Crippen molar-refractivity contribution in [3.05, 3.63) is 21.9 Å². The van der Waals surface area contributed by atoms with Crippen LogP contribution in [0.25, 0.3) is 0 Å². The summed E-state index contributed by atoms with van der Waals surface area (Å²) in [5.41, 5.74) is 0.688. The fourth-order valence-corrected chi connectivity index (χ4v) is 5.26. The summed E-state index contributed by atoms with van der Waals surface area (Å²) in [7, 11) is 0. The number of amides is 2. The second kappa shape index (κ2) is 7.69. The fraction of sp³-hybridized carbons (Fsp3) is 0.700. The average Bonchev–Trinajstić information content (AvgIpc) is 2.99. The Balaban J connectivity index is 1.70. The van der Waals surface area contributed by atoms with Crippen LogP contribution in [0.5, 0.6) is 0 Å². The minimum atomic E-state index is -0.652. The number of thiophene rings is 1. The molecule has 1 spiro atoms. The molecule has 2 aliphatic heterocycles. The molecule has 0 radical (unpaired) electrons. The van der Waals surface area contributed by atoms with Crippen molar-refractivity contribution in [3.63, 3.8) is 0 Å². The maximum absolute atomic E-state index is 13.0. The summed E-state index contributed by atoms with van der Waals surface area (Å²) in [6.07, 6.45) is 2.15. The van der Waals surface area contributed by atoms with Gasteiger partial charge in [-0.2, -0.15) is 0 Å². The van der Waals surface area contributed by atoms with Crippen LogP contribution in [0.3, 0.4) is 0 Å². The Kier molecular flexibility index (Phi) is 5.72. The number of nitrogens with zero attached hydrogens (tertiary/aromatic N) is 2. The molecule has 0 aromatic carbocycles. The van der Waals surface area contributed by atoms with E-state index in [2.05, 4.69) is 42.4 Å². The minimum absolute atomic E-state index is 0.0524. The van der Waals surface area contributed by atoms with Gasteiger partial charge in [0.2, 0.25) is 11.8 Å². The second-order valence-corrected chi connectivity index (χ2v) is 9.07. The van der Waals surface area contributed by atoms with Gasteiger partial charge in [0.25, 0.3) is 0 Å². The van der Waals surface area contributed by atoms with E-state index in [9.17, 15) is 9.59 Å². The molecule has 3 heterocycles. The average molecular weight is 378 g/mol. The SMILES string of the molecule is CCN1C(=O)C(CC(C)C)NC(=O)C12CCN(Cc1sccc1C)CC2. The summed E-state index contributed by atoms with van der Waals surface area (Å²) in [4.78, 5) is 31.7. The molecule has 6 heteroatoms. The van der Waals surface area contributed by atoms with Gasteiger partial charge in [0.1, 0.15) is 11.6 Å². The topological polar surface area (TPSA) is 52.7 Å². The number of hydrogen-bond donors (Lipinski definition) is 1. The summed E-state index contributed by atoms with van der Waals surface area (Å²) in [6, 6.07) is 1.80. The Bertz CT molecular complexity index is 662. The molecule has 1 atom stereocenters. The number of likely N-dealkylation sites (tertiary alicyclic amines) is 1. The Morgan fingerprint density at radius 2 is 2.00 bits per heavy atom. The Morgan fingerprint density at radius 1 is 1.31 bits per heavy atom. The number of aryl methyl sites for hydroxylation is 1. The first-order chi connectivity index (χ1) is 12.4. The summed E-state index contributed by atoms with van der Waals surface area (Å²) in [6.45, 7) is 11.6. The third kappa shape index (κ3) is 3.54. The highest BCUT2D eigenvalue weighted by molar-refractivity contribution is 7.10. The van der Waals surface area contributed by atoms with E-state index in [1.54, 1.807) is 11.3 Å². The summed E-state index contributed by atoms with van der Waals surface area (Å²) < 4.78 is 0. The number of carbonyl (C=O) groups is 2. The lowest BCUT2D eigenvalue weighted by Crippen LogP contribution is -2.72. The smallest absolute Gasteiger partial charge is 0.246 e. The molecule has 1 unspecified atom stereocenters. The number of carbonyl (C=O) groups excluding carboxylic acids is 2. The van der Waals surface area contributed by atoms with Crippen molar-refractivity contribution in [3.8, 4) is 0 Å². The maximum Gasteiger partial charge on any atom is 0.246 e. The Labute approximate surface area is 160 Å². The van der Waals surface area contributed by atoms with Crippen LogP contribution in [0.1, 0.15) is 50.5 Å². The lowest BCUT2D eigenvalue weighted by atomic mass is 9.81. The molecule has 1 aromatic heterocycles. The lowest BCUT2D eigenvalue weighted by Gasteiger charge is -2.51. The van der Waals surface area contributed by atoms with Gasteiger partial charge in [-0.05, 0) is 56.0 Å². The molecular weight excluding hydrogens is 346 g/mol. The standard InChI is InChI=1S/C20H31N3O2S/c1-5-23-18(24)16(12-14(2)3)21-19(25)20(23)7-9-22(10-8-20)13-17-15(4)6-11-26-17/h6,11,14,16H,5,7-10,12-13H2,1-4H3,(H,21,25). The van der Waals surface area contributed by atoms with E-state index in [1.807, 2.05) is 11.8 Å². The molecule has 0 bridgehead atoms. The number of piperidine rings is 1. The second-order valence-electron chi connectivity index (χ2n) is 8.07. The Morgan fingerprint density at radius 3 is 2.54 bits per heavy atom. The molecule has 2 fully saturated rings. The summed E-state index contributed by atoms with van der Waals surface area (Å²) in [5, 5.41) is 5.18. The monoisotopic (exact) mass is 377 g/mol. The molecule has 0 aliphatic carbocycles. The molecule has 2 aliphatic rings. The Hall–Kier alpha value is -1.40. The van der Waals surface area contributed by atoms with E-state index in [4.69, 9.17) is 0 Å². The molecule has 144 valence electrons. The van der Waals surface area contributed by atoms with E-state index >= 15 is 0 Å². The number of nitrogens with one attached hydrogen (secondary N) is 1. The first-order valence-corrected chi connectivity index (χ1v) is 10.6. The van der Waals surface area contributed by atoms with Crippen LogP contribution in [0.15, 0.2) is 11.4 Å². The van der Waals surface area contributed by atoms with Crippen LogP contribution in [0, 0.1) is 12.8 Å². The van der Waals surface area contributed by atoms with Gasteiger partial charge >= 0.3 is 0 Å². The zero-order valence-electron chi connectivity index (χ0n) is 16.4. The predicted molar refractivity (Wildman–Crippen MR) is 105 cm³/mol. The zero-order valence-corrected chi connectivity index (χ0v) is 17.2. The largest absolute Gasteiger partial charge is 0.342 e. The van der Waals surface area contributed by atoms with Crippen molar-refractivity contribution in [1.82, 2.24) is 15.1 Å². The van der Waals surface area contributed by atoms with Gasteiger partial charge in [-0.15, -0.1) is 11.3 Å². The van der Waals surface area contributed by atoms with Crippen LogP contribution >= 0.6 is 11.3 Å². The molecule has 1 N–H and O–H groups in total. The van der Waals surface area contributed by atoms with Crippen LogP contribution in [0.2, 0.25) is 0 Å². The molecule has 2 amide bonds. The highest BCUT2D eigenvalue weighted by atomic mass is 32.1. The van der Waals surface area contributed by atoms with E-state index in [-0.39, 0.29) is 17.9 Å². The van der Waals surface area contributed by atoms with Crippen molar-refractivity contribution < 1.29 is 9.59 Å². The van der Waals surface area contributed by atoms with Gasteiger partial charge in [-0.1, -0.05) is 13.8 Å². The van der Waals surface area contributed by atoms with Crippen molar-refractivity contribution in [2.45, 2.75) is 65.1 Å². The molecule has 0 saturated carbocycles. The molecular formula is C20H31N3O2S. The number of rotatable bonds is 5. The van der Waals surface area contributed by atoms with Gasteiger partial charge in [0.05, 0.1) is 0 Å². The summed E-state index contributed by atoms with van der Waals surface area (Å²) >= 11 is 1.80. The van der Waals surface area contributed by atoms with Crippen LogP contribution < -0.4 is 5.32 Å². The zero-order chi connectivity index (χ0) is 18.9. The van der Waals surface area contributed by atoms with Crippen molar-refractivity contribution in [2.24, 2.45) is 5.92 Å². The first kappa shape index (κ1) is 19.4. The molecule has 5 nitrogen and oxygen atoms in total. The van der Waals surface area contributed by atoms with Gasteiger partial charge in [0, 0.05) is 31.1 Å². The maximum atomic E-state index is 13.0. The normalized spacial score (nSPS) is 23.7. The van der Waals surface area contributed by atoms with Crippen LogP contribution in [-0.4, -0.2) is 52.8 Å². The minimum Gasteiger partial charge on any atom is -0.342 e.